The van der Waals surface area contributed by atoms with Crippen LogP contribution < -0.4 is 11.5 Å². The highest BCUT2D eigenvalue weighted by atomic mass is 35.5. The summed E-state index contributed by atoms with van der Waals surface area (Å²) >= 11 is 12.2. The van der Waals surface area contributed by atoms with Crippen molar-refractivity contribution in [1.29, 1.82) is 0 Å². The van der Waals surface area contributed by atoms with Crippen molar-refractivity contribution in [3.63, 3.8) is 0 Å². The van der Waals surface area contributed by atoms with Gasteiger partial charge in [0, 0.05) is 15.5 Å². The molecule has 0 bridgehead atoms. The van der Waals surface area contributed by atoms with Gasteiger partial charge in [0.1, 0.15) is 5.69 Å². The number of nitrogens with zero attached hydrogens (tertiary/aromatic N) is 3. The van der Waals surface area contributed by atoms with Crippen molar-refractivity contribution in [3.8, 4) is 0 Å². The van der Waals surface area contributed by atoms with Crippen LogP contribution in [0.1, 0.15) is 24.1 Å². The van der Waals surface area contributed by atoms with E-state index in [1.807, 2.05) is 6.07 Å². The van der Waals surface area contributed by atoms with Crippen LogP contribution in [0.25, 0.3) is 0 Å². The molecule has 1 aromatic carbocycles. The smallest absolute Gasteiger partial charge is 0.242 e. The molecule has 0 spiro atoms. The van der Waals surface area contributed by atoms with Crippen LogP contribution in [0.2, 0.25) is 10.0 Å². The molecule has 1 aliphatic carbocycles. The molecule has 2 aromatic rings. The van der Waals surface area contributed by atoms with Crippen LogP contribution in [0.3, 0.4) is 0 Å². The van der Waals surface area contributed by atoms with Crippen LogP contribution >= 0.6 is 23.2 Å². The van der Waals surface area contributed by atoms with Gasteiger partial charge >= 0.3 is 0 Å². The van der Waals surface area contributed by atoms with Gasteiger partial charge in [0.15, 0.2) is 5.82 Å². The van der Waals surface area contributed by atoms with Gasteiger partial charge in [0.05, 0.1) is 0 Å². The maximum Gasteiger partial charge on any atom is 0.242 e. The number of anilines is 2. The van der Waals surface area contributed by atoms with E-state index in [0.717, 1.165) is 18.4 Å². The van der Waals surface area contributed by atoms with E-state index < -0.39 is 0 Å². The Kier molecular flexibility index (Phi) is 2.76. The lowest BCUT2D eigenvalue weighted by atomic mass is 9.92. The van der Waals surface area contributed by atoms with Gasteiger partial charge in [-0.05, 0) is 30.5 Å². The molecular weight excluding hydrogens is 285 g/mol. The van der Waals surface area contributed by atoms with Gasteiger partial charge in [-0.25, -0.2) is 0 Å². The average molecular weight is 296 g/mol. The van der Waals surface area contributed by atoms with Crippen LogP contribution in [-0.4, -0.2) is 15.2 Å². The molecule has 0 radical (unpaired) electrons. The van der Waals surface area contributed by atoms with E-state index in [2.05, 4.69) is 15.2 Å². The first kappa shape index (κ1) is 12.4. The summed E-state index contributed by atoms with van der Waals surface area (Å²) in [6.07, 6.45) is 1.80. The van der Waals surface area contributed by atoms with Crippen molar-refractivity contribution in [2.24, 2.45) is 0 Å². The Bertz CT molecular complexity index is 601. The molecular formula is C12H11Cl2N5. The third kappa shape index (κ3) is 1.99. The predicted octanol–water partition coefficient (Wildman–Crippen LogP) is 2.42. The minimum atomic E-state index is -0.306. The minimum absolute atomic E-state index is 0.0688. The lowest BCUT2D eigenvalue weighted by molar-refractivity contribution is 0.761. The molecule has 0 atom stereocenters. The number of nitrogen functional groups attached to an aromatic ring is 2. The Balaban J connectivity index is 2.13. The molecule has 1 aromatic heterocycles. The maximum absolute atomic E-state index is 6.27. The van der Waals surface area contributed by atoms with E-state index in [1.165, 1.54) is 0 Å². The quantitative estimate of drug-likeness (QED) is 0.888. The number of hydrogen-bond donors (Lipinski definition) is 2. The summed E-state index contributed by atoms with van der Waals surface area (Å²) in [7, 11) is 0. The first-order valence-electron chi connectivity index (χ1n) is 5.74. The fraction of sp³-hybridized carbons (Fsp3) is 0.250. The van der Waals surface area contributed by atoms with E-state index in [-0.39, 0.29) is 11.4 Å². The third-order valence-corrected chi connectivity index (χ3v) is 3.93. The third-order valence-electron chi connectivity index (χ3n) is 3.38. The lowest BCUT2D eigenvalue weighted by Gasteiger charge is -2.17. The van der Waals surface area contributed by atoms with Crippen LogP contribution in [0.15, 0.2) is 18.2 Å². The number of rotatable bonds is 2. The molecule has 1 saturated carbocycles. The van der Waals surface area contributed by atoms with E-state index in [0.29, 0.717) is 21.6 Å². The Morgan fingerprint density at radius 2 is 1.84 bits per heavy atom. The molecule has 1 fully saturated rings. The number of halogens is 2. The molecule has 19 heavy (non-hydrogen) atoms. The molecule has 0 saturated heterocycles. The SMILES string of the molecule is Nc1nnc(C2(c3ccc(Cl)cc3Cl)CC2)c(N)n1. The Morgan fingerprint density at radius 1 is 1.11 bits per heavy atom. The van der Waals surface area contributed by atoms with Crippen molar-refractivity contribution in [3.05, 3.63) is 39.5 Å². The van der Waals surface area contributed by atoms with E-state index in [4.69, 9.17) is 34.7 Å². The zero-order valence-corrected chi connectivity index (χ0v) is 11.4. The molecule has 4 N–H and O–H groups in total. The average Bonchev–Trinajstić information content (AvgIpc) is 3.10. The van der Waals surface area contributed by atoms with Crippen molar-refractivity contribution < 1.29 is 0 Å². The van der Waals surface area contributed by atoms with Gasteiger partial charge in [-0.3, -0.25) is 0 Å². The largest absolute Gasteiger partial charge is 0.382 e. The number of nitrogens with two attached hydrogens (primary N) is 2. The standard InChI is InChI=1S/C12H11Cl2N5/c13-6-1-2-7(8(14)5-6)12(3-4-12)9-10(15)17-11(16)19-18-9/h1-2,5H,3-4H2,(H4,15,16,17,19). The molecule has 3 rings (SSSR count). The molecule has 1 heterocycles. The highest BCUT2D eigenvalue weighted by molar-refractivity contribution is 6.35. The number of hydrogen-bond acceptors (Lipinski definition) is 5. The normalized spacial score (nSPS) is 16.3. The fourth-order valence-corrected chi connectivity index (χ4v) is 2.92. The summed E-state index contributed by atoms with van der Waals surface area (Å²) in [6.45, 7) is 0. The Labute approximate surface area is 119 Å². The summed E-state index contributed by atoms with van der Waals surface area (Å²) < 4.78 is 0. The highest BCUT2D eigenvalue weighted by Crippen LogP contribution is 2.55. The van der Waals surface area contributed by atoms with E-state index in [1.54, 1.807) is 12.1 Å². The summed E-state index contributed by atoms with van der Waals surface area (Å²) in [5.74, 6) is 0.371. The zero-order valence-electron chi connectivity index (χ0n) is 9.90. The second-order valence-electron chi connectivity index (χ2n) is 4.61. The minimum Gasteiger partial charge on any atom is -0.382 e. The van der Waals surface area contributed by atoms with Gasteiger partial charge in [-0.1, -0.05) is 29.3 Å². The predicted molar refractivity (Wildman–Crippen MR) is 75.1 cm³/mol. The summed E-state index contributed by atoms with van der Waals surface area (Å²) in [6, 6.07) is 5.42. The number of aromatic nitrogens is 3. The van der Waals surface area contributed by atoms with E-state index >= 15 is 0 Å². The maximum atomic E-state index is 6.27. The van der Waals surface area contributed by atoms with Crippen molar-refractivity contribution in [2.45, 2.75) is 18.3 Å². The topological polar surface area (TPSA) is 90.7 Å². The summed E-state index contributed by atoms with van der Waals surface area (Å²) in [5.41, 5.74) is 12.6. The molecule has 5 nitrogen and oxygen atoms in total. The fourth-order valence-electron chi connectivity index (χ4n) is 2.33. The first-order chi connectivity index (χ1) is 9.03. The van der Waals surface area contributed by atoms with Gasteiger partial charge in [-0.2, -0.15) is 4.98 Å². The van der Waals surface area contributed by atoms with E-state index in [9.17, 15) is 0 Å². The van der Waals surface area contributed by atoms with Crippen LogP contribution in [0, 0.1) is 0 Å². The van der Waals surface area contributed by atoms with Crippen LogP contribution in [0.5, 0.6) is 0 Å². The number of benzene rings is 1. The highest BCUT2D eigenvalue weighted by Gasteiger charge is 2.50. The second kappa shape index (κ2) is 4.21. The van der Waals surface area contributed by atoms with Crippen molar-refractivity contribution in [2.75, 3.05) is 11.5 Å². The second-order valence-corrected chi connectivity index (χ2v) is 5.45. The molecule has 7 heteroatoms. The Morgan fingerprint density at radius 3 is 2.42 bits per heavy atom. The van der Waals surface area contributed by atoms with Gasteiger partial charge in [0.25, 0.3) is 0 Å². The molecule has 0 aliphatic heterocycles. The lowest BCUT2D eigenvalue weighted by Crippen LogP contribution is -2.17. The van der Waals surface area contributed by atoms with Gasteiger partial charge < -0.3 is 11.5 Å². The molecule has 98 valence electrons. The van der Waals surface area contributed by atoms with Gasteiger partial charge in [0.2, 0.25) is 5.95 Å². The van der Waals surface area contributed by atoms with Gasteiger partial charge in [-0.15, -0.1) is 10.2 Å². The summed E-state index contributed by atoms with van der Waals surface area (Å²) in [5, 5.41) is 9.08. The summed E-state index contributed by atoms with van der Waals surface area (Å²) in [4.78, 5) is 3.97. The van der Waals surface area contributed by atoms with Crippen molar-refractivity contribution in [1.82, 2.24) is 15.2 Å². The van der Waals surface area contributed by atoms with Crippen LogP contribution in [-0.2, 0) is 5.41 Å². The molecule has 0 unspecified atom stereocenters. The van der Waals surface area contributed by atoms with Crippen LogP contribution in [0.4, 0.5) is 11.8 Å². The monoisotopic (exact) mass is 295 g/mol. The zero-order chi connectivity index (χ0) is 13.6. The molecule has 0 amide bonds. The Hall–Kier alpha value is -1.59. The van der Waals surface area contributed by atoms with Crippen molar-refractivity contribution >= 4 is 35.0 Å². The first-order valence-corrected chi connectivity index (χ1v) is 6.50. The molecule has 1 aliphatic rings.